The molecule has 0 bridgehead atoms. The summed E-state index contributed by atoms with van der Waals surface area (Å²) in [5, 5.41) is 11.9. The first-order valence-electron chi connectivity index (χ1n) is 7.90. The summed E-state index contributed by atoms with van der Waals surface area (Å²) in [6, 6.07) is 13.4. The smallest absolute Gasteiger partial charge is 0.230 e. The molecule has 0 atom stereocenters. The molecule has 0 fully saturated rings. The lowest BCUT2D eigenvalue weighted by molar-refractivity contribution is -0.118. The number of hydrogen-bond donors (Lipinski definition) is 1. The van der Waals surface area contributed by atoms with Crippen molar-refractivity contribution >= 4 is 33.6 Å². The van der Waals surface area contributed by atoms with Crippen molar-refractivity contribution in [3.8, 4) is 11.6 Å². The maximum absolute atomic E-state index is 12.1. The van der Waals surface area contributed by atoms with E-state index in [0.717, 1.165) is 5.56 Å². The summed E-state index contributed by atoms with van der Waals surface area (Å²) in [6.45, 7) is 4.80. The lowest BCUT2D eigenvalue weighted by Gasteiger charge is -2.07. The van der Waals surface area contributed by atoms with Gasteiger partial charge in [0, 0.05) is 13.1 Å². The maximum Gasteiger partial charge on any atom is 0.230 e. The molecule has 0 aliphatic carbocycles. The highest BCUT2D eigenvalue weighted by Crippen LogP contribution is 2.27. The third kappa shape index (κ3) is 4.64. The van der Waals surface area contributed by atoms with Crippen molar-refractivity contribution < 1.29 is 9.21 Å². The molecule has 0 saturated carbocycles. The number of nitrogens with one attached hydrogen (secondary N) is 1. The average Bonchev–Trinajstić information content (AvgIpc) is 3.25. The molecular weight excluding hydrogens is 416 g/mol. The lowest BCUT2D eigenvalue weighted by Crippen LogP contribution is -2.24. The summed E-state index contributed by atoms with van der Waals surface area (Å²) in [4.78, 5) is 12.1. The first-order valence-corrected chi connectivity index (χ1v) is 9.68. The largest absolute Gasteiger partial charge is 0.446 e. The Morgan fingerprint density at radius 3 is 2.77 bits per heavy atom. The number of hydrogen-bond acceptors (Lipinski definition) is 5. The molecule has 0 aliphatic heterocycles. The van der Waals surface area contributed by atoms with Gasteiger partial charge < -0.3 is 9.73 Å². The van der Waals surface area contributed by atoms with Crippen molar-refractivity contribution in [2.45, 2.75) is 18.2 Å². The van der Waals surface area contributed by atoms with Crippen LogP contribution in [0.25, 0.3) is 11.6 Å². The van der Waals surface area contributed by atoms with Crippen molar-refractivity contribution in [1.29, 1.82) is 0 Å². The van der Waals surface area contributed by atoms with E-state index in [2.05, 4.69) is 38.0 Å². The van der Waals surface area contributed by atoms with Gasteiger partial charge in [0.25, 0.3) is 0 Å². The number of rotatable bonds is 8. The Hall–Kier alpha value is -2.32. The minimum absolute atomic E-state index is 0.0608. The van der Waals surface area contributed by atoms with Crippen molar-refractivity contribution in [2.75, 3.05) is 5.75 Å². The standard InChI is InChI=1S/C18H17BrN4O2S/c1-2-10-23-17(14-8-9-15(19)25-14)21-22-18(23)26-12-16(24)20-11-13-6-4-3-5-7-13/h2-9H,1,10-12H2,(H,20,24). The predicted molar refractivity (Wildman–Crippen MR) is 105 cm³/mol. The van der Waals surface area contributed by atoms with Crippen LogP contribution in [0.15, 0.2) is 69.4 Å². The zero-order valence-corrected chi connectivity index (χ0v) is 16.3. The van der Waals surface area contributed by atoms with Gasteiger partial charge in [0.15, 0.2) is 15.6 Å². The third-order valence-electron chi connectivity index (χ3n) is 3.49. The zero-order valence-electron chi connectivity index (χ0n) is 13.9. The maximum atomic E-state index is 12.1. The number of thioether (sulfide) groups is 1. The van der Waals surface area contributed by atoms with Crippen LogP contribution >= 0.6 is 27.7 Å². The molecule has 1 N–H and O–H groups in total. The first-order chi connectivity index (χ1) is 12.7. The van der Waals surface area contributed by atoms with Crippen molar-refractivity contribution in [1.82, 2.24) is 20.1 Å². The molecule has 0 spiro atoms. The average molecular weight is 433 g/mol. The highest BCUT2D eigenvalue weighted by molar-refractivity contribution is 9.10. The molecule has 0 saturated heterocycles. The molecule has 0 aliphatic rings. The molecule has 2 aromatic heterocycles. The van der Waals surface area contributed by atoms with Crippen molar-refractivity contribution in [3.05, 3.63) is 65.4 Å². The van der Waals surface area contributed by atoms with Gasteiger partial charge in [-0.15, -0.1) is 16.8 Å². The fourth-order valence-corrected chi connectivity index (χ4v) is 3.37. The molecule has 8 heteroatoms. The molecule has 26 heavy (non-hydrogen) atoms. The summed E-state index contributed by atoms with van der Waals surface area (Å²) in [7, 11) is 0. The van der Waals surface area contributed by atoms with E-state index in [4.69, 9.17) is 4.42 Å². The molecule has 2 heterocycles. The van der Waals surface area contributed by atoms with Gasteiger partial charge in [-0.25, -0.2) is 0 Å². The first kappa shape index (κ1) is 18.5. The Bertz CT molecular complexity index is 892. The molecule has 3 aromatic rings. The summed E-state index contributed by atoms with van der Waals surface area (Å²) in [5.41, 5.74) is 1.06. The molecule has 1 aromatic carbocycles. The van der Waals surface area contributed by atoms with Gasteiger partial charge in [0.1, 0.15) is 0 Å². The second-order valence-corrected chi connectivity index (χ2v) is 7.08. The van der Waals surface area contributed by atoms with Gasteiger partial charge in [-0.2, -0.15) is 0 Å². The number of benzene rings is 1. The third-order valence-corrected chi connectivity index (χ3v) is 4.88. The van der Waals surface area contributed by atoms with E-state index in [1.165, 1.54) is 11.8 Å². The van der Waals surface area contributed by atoms with E-state index >= 15 is 0 Å². The van der Waals surface area contributed by atoms with Crippen LogP contribution < -0.4 is 5.32 Å². The SMILES string of the molecule is C=CCn1c(SCC(=O)NCc2ccccc2)nnc1-c1ccc(Br)o1. The number of aromatic nitrogens is 3. The number of amides is 1. The van der Waals surface area contributed by atoms with Crippen LogP contribution in [0.5, 0.6) is 0 Å². The Morgan fingerprint density at radius 1 is 1.27 bits per heavy atom. The lowest BCUT2D eigenvalue weighted by atomic mass is 10.2. The highest BCUT2D eigenvalue weighted by atomic mass is 79.9. The molecule has 134 valence electrons. The van der Waals surface area contributed by atoms with Crippen LogP contribution in [-0.4, -0.2) is 26.4 Å². The Labute approximate surface area is 163 Å². The number of carbonyl (C=O) groups is 1. The molecular formula is C18H17BrN4O2S. The van der Waals surface area contributed by atoms with Gasteiger partial charge in [-0.05, 0) is 33.6 Å². The number of carbonyl (C=O) groups excluding carboxylic acids is 1. The van der Waals surface area contributed by atoms with E-state index in [1.54, 1.807) is 12.1 Å². The molecule has 3 rings (SSSR count). The minimum atomic E-state index is -0.0608. The number of allylic oxidation sites excluding steroid dienone is 1. The van der Waals surface area contributed by atoms with Crippen LogP contribution in [0.3, 0.4) is 0 Å². The van der Waals surface area contributed by atoms with E-state index in [0.29, 0.717) is 34.5 Å². The van der Waals surface area contributed by atoms with Crippen molar-refractivity contribution in [3.63, 3.8) is 0 Å². The number of halogens is 1. The Balaban J connectivity index is 1.63. The highest BCUT2D eigenvalue weighted by Gasteiger charge is 2.17. The molecule has 6 nitrogen and oxygen atoms in total. The topological polar surface area (TPSA) is 73.0 Å². The summed E-state index contributed by atoms with van der Waals surface area (Å²) in [5.74, 6) is 1.40. The van der Waals surface area contributed by atoms with Gasteiger partial charge >= 0.3 is 0 Å². The Kier molecular flexibility index (Phi) is 6.30. The molecule has 0 radical (unpaired) electrons. The van der Waals surface area contributed by atoms with Gasteiger partial charge in [0.2, 0.25) is 11.7 Å². The van der Waals surface area contributed by atoms with Crippen molar-refractivity contribution in [2.24, 2.45) is 0 Å². The number of nitrogens with zero attached hydrogens (tertiary/aromatic N) is 3. The summed E-state index contributed by atoms with van der Waals surface area (Å²) in [6.07, 6.45) is 1.75. The van der Waals surface area contributed by atoms with Crippen LogP contribution in [0.4, 0.5) is 0 Å². The van der Waals surface area contributed by atoms with Crippen LogP contribution in [-0.2, 0) is 17.9 Å². The number of furan rings is 1. The molecule has 0 unspecified atom stereocenters. The fraction of sp³-hybridized carbons (Fsp3) is 0.167. The van der Waals surface area contributed by atoms with Gasteiger partial charge in [0.05, 0.1) is 5.75 Å². The normalized spacial score (nSPS) is 10.7. The van der Waals surface area contributed by atoms with E-state index < -0.39 is 0 Å². The monoisotopic (exact) mass is 432 g/mol. The van der Waals surface area contributed by atoms with Gasteiger partial charge in [-0.3, -0.25) is 9.36 Å². The van der Waals surface area contributed by atoms with E-state index in [-0.39, 0.29) is 11.7 Å². The quantitative estimate of drug-likeness (QED) is 0.431. The Morgan fingerprint density at radius 2 is 2.08 bits per heavy atom. The van der Waals surface area contributed by atoms with Crippen LogP contribution in [0, 0.1) is 0 Å². The van der Waals surface area contributed by atoms with Crippen LogP contribution in [0.1, 0.15) is 5.56 Å². The second kappa shape index (κ2) is 8.86. The predicted octanol–water partition coefficient (Wildman–Crippen LogP) is 3.90. The minimum Gasteiger partial charge on any atom is -0.446 e. The second-order valence-electron chi connectivity index (χ2n) is 5.36. The van der Waals surface area contributed by atoms with Crippen LogP contribution in [0.2, 0.25) is 0 Å². The summed E-state index contributed by atoms with van der Waals surface area (Å²) < 4.78 is 8.04. The summed E-state index contributed by atoms with van der Waals surface area (Å²) >= 11 is 4.61. The van der Waals surface area contributed by atoms with E-state index in [1.807, 2.05) is 41.0 Å². The van der Waals surface area contributed by atoms with E-state index in [9.17, 15) is 4.79 Å². The molecule has 1 amide bonds. The van der Waals surface area contributed by atoms with Gasteiger partial charge in [-0.1, -0.05) is 48.2 Å². The zero-order chi connectivity index (χ0) is 18.4. The fourth-order valence-electron chi connectivity index (χ4n) is 2.28.